The van der Waals surface area contributed by atoms with Gasteiger partial charge in [-0.05, 0) is 32.0 Å². The number of nitro groups is 1. The highest BCUT2D eigenvalue weighted by Gasteiger charge is 2.23. The number of halogens is 2. The number of nitrogens with zero attached hydrogens (tertiary/aromatic N) is 3. The van der Waals surface area contributed by atoms with E-state index in [1.54, 1.807) is 18.2 Å². The lowest BCUT2D eigenvalue weighted by molar-refractivity contribution is -0.383. The number of benzene rings is 1. The van der Waals surface area contributed by atoms with Gasteiger partial charge in [-0.15, -0.1) is 0 Å². The molecule has 1 heterocycles. The van der Waals surface area contributed by atoms with Gasteiger partial charge in [0.2, 0.25) is 11.6 Å². The maximum Gasteiger partial charge on any atom is 0.353 e. The zero-order valence-corrected chi connectivity index (χ0v) is 13.3. The van der Waals surface area contributed by atoms with E-state index in [0.717, 1.165) is 0 Å². The van der Waals surface area contributed by atoms with E-state index in [0.29, 0.717) is 15.7 Å². The molecule has 2 rings (SSSR count). The minimum atomic E-state index is -0.537. The summed E-state index contributed by atoms with van der Waals surface area (Å²) in [7, 11) is 0. The highest BCUT2D eigenvalue weighted by Crippen LogP contribution is 2.33. The molecule has 2 aromatic rings. The minimum Gasteiger partial charge on any atom is -0.362 e. The van der Waals surface area contributed by atoms with Crippen molar-refractivity contribution < 1.29 is 4.92 Å². The van der Waals surface area contributed by atoms with Crippen molar-refractivity contribution in [2.24, 2.45) is 0 Å². The van der Waals surface area contributed by atoms with Gasteiger partial charge >= 0.3 is 5.69 Å². The van der Waals surface area contributed by atoms with Crippen molar-refractivity contribution in [2.75, 3.05) is 10.6 Å². The molecule has 22 heavy (non-hydrogen) atoms. The molecule has 0 unspecified atom stereocenters. The Bertz CT molecular complexity index is 709. The van der Waals surface area contributed by atoms with E-state index in [1.165, 1.54) is 6.33 Å². The number of hydrogen-bond acceptors (Lipinski definition) is 6. The Kier molecular flexibility index (Phi) is 4.99. The Hall–Kier alpha value is -2.12. The van der Waals surface area contributed by atoms with Crippen LogP contribution in [-0.2, 0) is 0 Å². The Morgan fingerprint density at radius 2 is 1.86 bits per heavy atom. The third-order valence-electron chi connectivity index (χ3n) is 2.61. The summed E-state index contributed by atoms with van der Waals surface area (Å²) in [6, 6.07) is 4.79. The predicted molar refractivity (Wildman–Crippen MR) is 87.2 cm³/mol. The van der Waals surface area contributed by atoms with E-state index in [9.17, 15) is 10.1 Å². The van der Waals surface area contributed by atoms with Crippen LogP contribution in [0.1, 0.15) is 13.8 Å². The molecule has 0 spiro atoms. The summed E-state index contributed by atoms with van der Waals surface area (Å²) in [6.45, 7) is 3.72. The quantitative estimate of drug-likeness (QED) is 0.623. The van der Waals surface area contributed by atoms with E-state index in [4.69, 9.17) is 23.2 Å². The molecule has 0 radical (unpaired) electrons. The second-order valence-corrected chi connectivity index (χ2v) is 5.54. The van der Waals surface area contributed by atoms with E-state index < -0.39 is 4.92 Å². The summed E-state index contributed by atoms with van der Waals surface area (Å²) < 4.78 is 0. The van der Waals surface area contributed by atoms with Crippen molar-refractivity contribution in [3.05, 3.63) is 44.7 Å². The molecule has 0 saturated carbocycles. The topological polar surface area (TPSA) is 93.0 Å². The summed E-state index contributed by atoms with van der Waals surface area (Å²) in [6.07, 6.45) is 1.25. The molecule has 0 aliphatic heterocycles. The molecule has 9 heteroatoms. The first-order valence-electron chi connectivity index (χ1n) is 6.36. The zero-order chi connectivity index (χ0) is 16.3. The Labute approximate surface area is 136 Å². The van der Waals surface area contributed by atoms with Crippen molar-refractivity contribution in [2.45, 2.75) is 19.9 Å². The molecule has 0 amide bonds. The SMILES string of the molecule is CC(C)Nc1ncnc(Nc2ccc(Cl)c(Cl)c2)c1[N+](=O)[O-]. The van der Waals surface area contributed by atoms with Gasteiger partial charge in [-0.1, -0.05) is 23.2 Å². The summed E-state index contributed by atoms with van der Waals surface area (Å²) in [5.41, 5.74) is 0.300. The average Bonchev–Trinajstić information content (AvgIpc) is 2.42. The highest BCUT2D eigenvalue weighted by molar-refractivity contribution is 6.42. The van der Waals surface area contributed by atoms with Crippen molar-refractivity contribution in [1.82, 2.24) is 9.97 Å². The molecule has 1 aromatic heterocycles. The third kappa shape index (κ3) is 3.75. The first-order chi connectivity index (χ1) is 10.4. The van der Waals surface area contributed by atoms with E-state index in [1.807, 2.05) is 13.8 Å². The average molecular weight is 342 g/mol. The van der Waals surface area contributed by atoms with Crippen molar-refractivity contribution >= 4 is 46.2 Å². The lowest BCUT2D eigenvalue weighted by Gasteiger charge is -2.12. The second-order valence-electron chi connectivity index (χ2n) is 4.73. The zero-order valence-electron chi connectivity index (χ0n) is 11.8. The fourth-order valence-corrected chi connectivity index (χ4v) is 2.03. The molecule has 2 N–H and O–H groups in total. The molecule has 0 bridgehead atoms. The van der Waals surface area contributed by atoms with Crippen LogP contribution in [0, 0.1) is 10.1 Å². The fourth-order valence-electron chi connectivity index (χ4n) is 1.73. The van der Waals surface area contributed by atoms with Crippen LogP contribution >= 0.6 is 23.2 Å². The Morgan fingerprint density at radius 1 is 1.18 bits per heavy atom. The number of rotatable bonds is 5. The summed E-state index contributed by atoms with van der Waals surface area (Å²) in [5, 5.41) is 17.8. The van der Waals surface area contributed by atoms with Gasteiger partial charge in [0, 0.05) is 11.7 Å². The van der Waals surface area contributed by atoms with Crippen molar-refractivity contribution in [1.29, 1.82) is 0 Å². The summed E-state index contributed by atoms with van der Waals surface area (Å²) in [4.78, 5) is 18.7. The van der Waals surface area contributed by atoms with Crippen LogP contribution in [0.3, 0.4) is 0 Å². The van der Waals surface area contributed by atoms with Crippen LogP contribution in [-0.4, -0.2) is 20.9 Å². The molecular weight excluding hydrogens is 329 g/mol. The Balaban J connectivity index is 2.41. The first kappa shape index (κ1) is 16.3. The van der Waals surface area contributed by atoms with Crippen LogP contribution in [0.5, 0.6) is 0 Å². The van der Waals surface area contributed by atoms with E-state index >= 15 is 0 Å². The van der Waals surface area contributed by atoms with Gasteiger partial charge in [0.1, 0.15) is 6.33 Å². The lowest BCUT2D eigenvalue weighted by Crippen LogP contribution is -2.14. The predicted octanol–water partition coefficient (Wildman–Crippen LogP) is 4.26. The van der Waals surface area contributed by atoms with Gasteiger partial charge in [0.25, 0.3) is 0 Å². The largest absolute Gasteiger partial charge is 0.362 e. The lowest BCUT2D eigenvalue weighted by atomic mass is 10.3. The van der Waals surface area contributed by atoms with Crippen molar-refractivity contribution in [3.63, 3.8) is 0 Å². The molecular formula is C13H13Cl2N5O2. The van der Waals surface area contributed by atoms with Crippen LogP contribution in [0.2, 0.25) is 10.0 Å². The first-order valence-corrected chi connectivity index (χ1v) is 7.12. The smallest absolute Gasteiger partial charge is 0.353 e. The van der Waals surface area contributed by atoms with Crippen LogP contribution in [0.15, 0.2) is 24.5 Å². The molecule has 1 aromatic carbocycles. The summed E-state index contributed by atoms with van der Waals surface area (Å²) in [5.74, 6) is 0.221. The third-order valence-corrected chi connectivity index (χ3v) is 3.35. The normalized spacial score (nSPS) is 10.6. The second kappa shape index (κ2) is 6.76. The maximum absolute atomic E-state index is 11.3. The van der Waals surface area contributed by atoms with Crippen LogP contribution < -0.4 is 10.6 Å². The van der Waals surface area contributed by atoms with E-state index in [2.05, 4.69) is 20.6 Å². The number of hydrogen-bond donors (Lipinski definition) is 2. The number of nitrogens with one attached hydrogen (secondary N) is 2. The van der Waals surface area contributed by atoms with Gasteiger partial charge in [0.15, 0.2) is 0 Å². The van der Waals surface area contributed by atoms with Crippen molar-refractivity contribution in [3.8, 4) is 0 Å². The molecule has 0 aliphatic carbocycles. The highest BCUT2D eigenvalue weighted by atomic mass is 35.5. The van der Waals surface area contributed by atoms with Gasteiger partial charge in [-0.25, -0.2) is 9.97 Å². The monoisotopic (exact) mass is 341 g/mol. The molecule has 116 valence electrons. The molecule has 7 nitrogen and oxygen atoms in total. The molecule has 0 aliphatic rings. The van der Waals surface area contributed by atoms with E-state index in [-0.39, 0.29) is 23.4 Å². The van der Waals surface area contributed by atoms with Gasteiger partial charge in [0.05, 0.1) is 15.0 Å². The molecule has 0 saturated heterocycles. The standard InChI is InChI=1S/C13H13Cl2N5O2/c1-7(2)18-12-11(20(21)22)13(17-6-16-12)19-8-3-4-9(14)10(15)5-8/h3-7H,1-2H3,(H2,16,17,18,19). The molecule has 0 atom stereocenters. The minimum absolute atomic E-state index is 0.00794. The summed E-state index contributed by atoms with van der Waals surface area (Å²) >= 11 is 11.8. The maximum atomic E-state index is 11.3. The fraction of sp³-hybridized carbons (Fsp3) is 0.231. The molecule has 0 fully saturated rings. The van der Waals surface area contributed by atoms with Gasteiger partial charge in [-0.3, -0.25) is 10.1 Å². The van der Waals surface area contributed by atoms with Crippen LogP contribution in [0.4, 0.5) is 23.0 Å². The van der Waals surface area contributed by atoms with Crippen LogP contribution in [0.25, 0.3) is 0 Å². The Morgan fingerprint density at radius 3 is 2.45 bits per heavy atom. The number of aromatic nitrogens is 2. The van der Waals surface area contributed by atoms with Gasteiger partial charge in [-0.2, -0.15) is 0 Å². The van der Waals surface area contributed by atoms with Gasteiger partial charge < -0.3 is 10.6 Å². The number of anilines is 3.